The number of benzene rings is 1. The van der Waals surface area contributed by atoms with Gasteiger partial charge in [-0.3, -0.25) is 4.79 Å². The van der Waals surface area contributed by atoms with Crippen LogP contribution in [0.25, 0.3) is 0 Å². The summed E-state index contributed by atoms with van der Waals surface area (Å²) in [5, 5.41) is 11.7. The fourth-order valence-electron chi connectivity index (χ4n) is 2.86. The van der Waals surface area contributed by atoms with Gasteiger partial charge in [-0.1, -0.05) is 13.0 Å². The summed E-state index contributed by atoms with van der Waals surface area (Å²) in [7, 11) is 0. The smallest absolute Gasteiger partial charge is 0.274 e. The van der Waals surface area contributed by atoms with Crippen molar-refractivity contribution in [2.45, 2.75) is 19.8 Å². The van der Waals surface area contributed by atoms with Crippen molar-refractivity contribution >= 4 is 17.5 Å². The van der Waals surface area contributed by atoms with Gasteiger partial charge in [0, 0.05) is 25.0 Å². The van der Waals surface area contributed by atoms with E-state index in [-0.39, 0.29) is 5.91 Å². The number of nitrogens with one attached hydrogen (secondary N) is 1. The summed E-state index contributed by atoms with van der Waals surface area (Å²) >= 11 is 0. The second kappa shape index (κ2) is 7.09. The first-order valence-corrected chi connectivity index (χ1v) is 8.05. The minimum absolute atomic E-state index is 0.307. The zero-order valence-corrected chi connectivity index (χ0v) is 13.6. The van der Waals surface area contributed by atoms with E-state index in [2.05, 4.69) is 33.2 Å². The molecule has 1 aliphatic rings. The first kappa shape index (κ1) is 15.9. The predicted molar refractivity (Wildman–Crippen MR) is 91.8 cm³/mol. The highest BCUT2D eigenvalue weighted by Gasteiger charge is 2.19. The molecule has 1 fully saturated rings. The van der Waals surface area contributed by atoms with Crippen LogP contribution in [0.3, 0.4) is 0 Å². The van der Waals surface area contributed by atoms with E-state index < -0.39 is 0 Å². The summed E-state index contributed by atoms with van der Waals surface area (Å²) in [5.74, 6) is 0.896. The van der Waals surface area contributed by atoms with Crippen molar-refractivity contribution in [1.29, 1.82) is 5.26 Å². The quantitative estimate of drug-likeness (QED) is 0.940. The van der Waals surface area contributed by atoms with Gasteiger partial charge >= 0.3 is 0 Å². The van der Waals surface area contributed by atoms with Crippen molar-refractivity contribution in [3.63, 3.8) is 0 Å². The Bertz CT molecular complexity index is 783. The highest BCUT2D eigenvalue weighted by atomic mass is 16.1. The Hall–Kier alpha value is -2.94. The Morgan fingerprint density at radius 1 is 1.42 bits per heavy atom. The molecule has 1 aromatic heterocycles. The third kappa shape index (κ3) is 3.69. The third-order valence-corrected chi connectivity index (χ3v) is 4.06. The molecule has 1 aromatic carbocycles. The fraction of sp³-hybridized carbons (Fsp3) is 0.333. The Labute approximate surface area is 141 Å². The van der Waals surface area contributed by atoms with Crippen molar-refractivity contribution < 1.29 is 4.79 Å². The number of aromatic nitrogens is 2. The molecule has 2 heterocycles. The molecule has 0 saturated carbocycles. The second-order valence-corrected chi connectivity index (χ2v) is 6.08. The highest BCUT2D eigenvalue weighted by molar-refractivity contribution is 6.03. The lowest BCUT2D eigenvalue weighted by Crippen LogP contribution is -2.35. The zero-order chi connectivity index (χ0) is 16.9. The topological polar surface area (TPSA) is 81.9 Å². The number of rotatable bonds is 3. The lowest BCUT2D eigenvalue weighted by atomic mass is 10.0. The number of carbonyl (C=O) groups excluding carboxylic acids is 1. The molecule has 1 unspecified atom stereocenters. The number of hydrogen-bond donors (Lipinski definition) is 1. The van der Waals surface area contributed by atoms with Crippen LogP contribution in [0.15, 0.2) is 36.5 Å². The number of anilines is 2. The lowest BCUT2D eigenvalue weighted by molar-refractivity contribution is 0.102. The van der Waals surface area contributed by atoms with Crippen molar-refractivity contribution in [2.75, 3.05) is 23.3 Å². The molecule has 0 spiro atoms. The van der Waals surface area contributed by atoms with Crippen LogP contribution in [0.5, 0.6) is 0 Å². The number of hydrogen-bond acceptors (Lipinski definition) is 5. The zero-order valence-electron chi connectivity index (χ0n) is 13.6. The molecule has 24 heavy (non-hydrogen) atoms. The molecule has 0 bridgehead atoms. The maximum absolute atomic E-state index is 12.4. The normalized spacial score (nSPS) is 17.2. The molecular formula is C18H19N5O. The number of piperidine rings is 1. The maximum Gasteiger partial charge on any atom is 0.274 e. The van der Waals surface area contributed by atoms with Crippen molar-refractivity contribution in [2.24, 2.45) is 5.92 Å². The van der Waals surface area contributed by atoms with Gasteiger partial charge in [0.15, 0.2) is 0 Å². The Kier molecular flexibility index (Phi) is 4.71. The minimum atomic E-state index is -0.307. The molecule has 1 aliphatic heterocycles. The number of amides is 1. The van der Waals surface area contributed by atoms with Crippen LogP contribution in [-0.2, 0) is 0 Å². The van der Waals surface area contributed by atoms with Gasteiger partial charge in [-0.05, 0) is 43.0 Å². The van der Waals surface area contributed by atoms with E-state index in [4.69, 9.17) is 5.26 Å². The van der Waals surface area contributed by atoms with Crippen LogP contribution in [0.4, 0.5) is 11.6 Å². The summed E-state index contributed by atoms with van der Waals surface area (Å²) in [6, 6.07) is 10.4. The summed E-state index contributed by atoms with van der Waals surface area (Å²) in [6.45, 7) is 4.04. The van der Waals surface area contributed by atoms with Gasteiger partial charge < -0.3 is 10.2 Å². The van der Waals surface area contributed by atoms with Crippen LogP contribution in [0, 0.1) is 17.2 Å². The lowest BCUT2D eigenvalue weighted by Gasteiger charge is -2.30. The minimum Gasteiger partial charge on any atom is -0.341 e. The first-order valence-electron chi connectivity index (χ1n) is 8.05. The molecule has 0 radical (unpaired) electrons. The van der Waals surface area contributed by atoms with E-state index in [0.29, 0.717) is 28.8 Å². The molecule has 6 heteroatoms. The van der Waals surface area contributed by atoms with Gasteiger partial charge in [-0.15, -0.1) is 0 Å². The predicted octanol–water partition coefficient (Wildman–Crippen LogP) is 2.84. The van der Waals surface area contributed by atoms with Crippen LogP contribution in [0.1, 0.15) is 35.8 Å². The summed E-state index contributed by atoms with van der Waals surface area (Å²) < 4.78 is 0. The first-order chi connectivity index (χ1) is 11.7. The summed E-state index contributed by atoms with van der Waals surface area (Å²) in [4.78, 5) is 23.2. The van der Waals surface area contributed by atoms with Gasteiger partial charge in [-0.2, -0.15) is 5.26 Å². The summed E-state index contributed by atoms with van der Waals surface area (Å²) in [5.41, 5.74) is 1.39. The highest BCUT2D eigenvalue weighted by Crippen LogP contribution is 2.20. The molecule has 1 amide bonds. The van der Waals surface area contributed by atoms with Crippen LogP contribution in [-0.4, -0.2) is 29.0 Å². The average Bonchev–Trinajstić information content (AvgIpc) is 2.62. The maximum atomic E-state index is 12.4. The average molecular weight is 321 g/mol. The van der Waals surface area contributed by atoms with E-state index in [9.17, 15) is 4.79 Å². The molecule has 122 valence electrons. The van der Waals surface area contributed by atoms with Gasteiger partial charge in [0.25, 0.3) is 5.91 Å². The van der Waals surface area contributed by atoms with Crippen molar-refractivity contribution in [3.8, 4) is 6.07 Å². The number of carbonyl (C=O) groups is 1. The van der Waals surface area contributed by atoms with Gasteiger partial charge in [-0.25, -0.2) is 9.97 Å². The molecule has 1 N–H and O–H groups in total. The van der Waals surface area contributed by atoms with E-state index in [1.807, 2.05) is 0 Å². The van der Waals surface area contributed by atoms with E-state index in [1.54, 1.807) is 36.5 Å². The molecule has 1 saturated heterocycles. The Balaban J connectivity index is 1.75. The van der Waals surface area contributed by atoms with Crippen LogP contribution >= 0.6 is 0 Å². The molecule has 1 atom stereocenters. The summed E-state index contributed by atoms with van der Waals surface area (Å²) in [6.07, 6.45) is 3.94. The molecule has 2 aromatic rings. The Morgan fingerprint density at radius 3 is 3.08 bits per heavy atom. The van der Waals surface area contributed by atoms with Crippen LogP contribution in [0.2, 0.25) is 0 Å². The SMILES string of the molecule is CC1CCCN(c2nccc(C(=O)Nc3cccc(C#N)c3)n2)C1. The van der Waals surface area contributed by atoms with Crippen molar-refractivity contribution in [3.05, 3.63) is 47.8 Å². The fourth-order valence-corrected chi connectivity index (χ4v) is 2.86. The van der Waals surface area contributed by atoms with E-state index in [0.717, 1.165) is 19.5 Å². The van der Waals surface area contributed by atoms with Gasteiger partial charge in [0.05, 0.1) is 11.6 Å². The van der Waals surface area contributed by atoms with Gasteiger partial charge in [0.1, 0.15) is 5.69 Å². The van der Waals surface area contributed by atoms with Gasteiger partial charge in [0.2, 0.25) is 5.95 Å². The number of nitrogens with zero attached hydrogens (tertiary/aromatic N) is 4. The number of nitriles is 1. The molecule has 0 aliphatic carbocycles. The molecular weight excluding hydrogens is 302 g/mol. The largest absolute Gasteiger partial charge is 0.341 e. The second-order valence-electron chi connectivity index (χ2n) is 6.08. The molecule has 6 nitrogen and oxygen atoms in total. The van der Waals surface area contributed by atoms with E-state index >= 15 is 0 Å². The third-order valence-electron chi connectivity index (χ3n) is 4.06. The standard InChI is InChI=1S/C18H19N5O/c1-13-4-3-9-23(12-13)18-20-8-7-16(22-18)17(24)21-15-6-2-5-14(10-15)11-19/h2,5-8,10,13H,3-4,9,12H2,1H3,(H,21,24). The van der Waals surface area contributed by atoms with Crippen LogP contribution < -0.4 is 10.2 Å². The Morgan fingerprint density at radius 2 is 2.29 bits per heavy atom. The molecule has 3 rings (SSSR count). The monoisotopic (exact) mass is 321 g/mol. The van der Waals surface area contributed by atoms with Crippen molar-refractivity contribution in [1.82, 2.24) is 9.97 Å². The van der Waals surface area contributed by atoms with E-state index in [1.165, 1.54) is 6.42 Å².